The average Bonchev–Trinajstić information content (AvgIpc) is 3.06. The summed E-state index contributed by atoms with van der Waals surface area (Å²) in [5, 5.41) is 0. The zero-order valence-corrected chi connectivity index (χ0v) is 10.1. The first kappa shape index (κ1) is 12.3. The highest BCUT2D eigenvalue weighted by Crippen LogP contribution is 2.30. The molecule has 0 bridgehead atoms. The number of nitrogens with zero attached hydrogens (tertiary/aromatic N) is 2. The Bertz CT molecular complexity index is 313. The minimum Gasteiger partial charge on any atom is -0.468 e. The molecular formula is C11H19N3O3. The monoisotopic (exact) mass is 241 g/mol. The summed E-state index contributed by atoms with van der Waals surface area (Å²) in [6, 6.07) is 0.0654. The Balaban J connectivity index is 1.74. The molecule has 0 aromatic rings. The van der Waals surface area contributed by atoms with Gasteiger partial charge >= 0.3 is 5.97 Å². The quantitative estimate of drug-likeness (QED) is 0.618. The first-order valence-corrected chi connectivity index (χ1v) is 5.95. The summed E-state index contributed by atoms with van der Waals surface area (Å²) in [7, 11) is 1.39. The fourth-order valence-corrected chi connectivity index (χ4v) is 2.11. The van der Waals surface area contributed by atoms with Crippen molar-refractivity contribution in [2.75, 3.05) is 39.8 Å². The lowest BCUT2D eigenvalue weighted by Crippen LogP contribution is -2.50. The number of esters is 1. The van der Waals surface area contributed by atoms with Crippen LogP contribution in [0, 0.1) is 5.92 Å². The van der Waals surface area contributed by atoms with Crippen LogP contribution in [0.2, 0.25) is 0 Å². The Morgan fingerprint density at radius 1 is 1.29 bits per heavy atom. The molecule has 1 aliphatic carbocycles. The second kappa shape index (κ2) is 5.01. The normalized spacial score (nSPS) is 28.9. The van der Waals surface area contributed by atoms with Crippen molar-refractivity contribution in [2.24, 2.45) is 11.7 Å². The Hall–Kier alpha value is -1.14. The molecule has 2 atom stereocenters. The van der Waals surface area contributed by atoms with Gasteiger partial charge in [0.15, 0.2) is 0 Å². The molecule has 1 heterocycles. The topological polar surface area (TPSA) is 75.9 Å². The van der Waals surface area contributed by atoms with Gasteiger partial charge in [0.1, 0.15) is 0 Å². The highest BCUT2D eigenvalue weighted by atomic mass is 16.5. The molecule has 2 rings (SSSR count). The van der Waals surface area contributed by atoms with Gasteiger partial charge in [0, 0.05) is 32.2 Å². The molecule has 96 valence electrons. The third-order valence-electron chi connectivity index (χ3n) is 3.42. The molecule has 6 heteroatoms. The lowest BCUT2D eigenvalue weighted by Gasteiger charge is -2.34. The van der Waals surface area contributed by atoms with Crippen LogP contribution >= 0.6 is 0 Å². The number of piperazine rings is 1. The summed E-state index contributed by atoms with van der Waals surface area (Å²) in [6.45, 7) is 3.12. The smallest absolute Gasteiger partial charge is 0.319 e. The van der Waals surface area contributed by atoms with E-state index in [4.69, 9.17) is 5.73 Å². The van der Waals surface area contributed by atoms with Gasteiger partial charge in [-0.1, -0.05) is 0 Å². The van der Waals surface area contributed by atoms with E-state index >= 15 is 0 Å². The van der Waals surface area contributed by atoms with Crippen molar-refractivity contribution in [3.63, 3.8) is 0 Å². The summed E-state index contributed by atoms with van der Waals surface area (Å²) in [5.74, 6) is -0.00799. The van der Waals surface area contributed by atoms with Gasteiger partial charge in [-0.2, -0.15) is 0 Å². The minimum atomic E-state index is -0.228. The third kappa shape index (κ3) is 2.95. The fourth-order valence-electron chi connectivity index (χ4n) is 2.11. The molecule has 0 radical (unpaired) electrons. The van der Waals surface area contributed by atoms with Crippen LogP contribution in [0.5, 0.6) is 0 Å². The molecule has 2 fully saturated rings. The van der Waals surface area contributed by atoms with Crippen LogP contribution in [0.25, 0.3) is 0 Å². The minimum absolute atomic E-state index is 0.0437. The molecule has 0 aromatic heterocycles. The molecule has 2 aliphatic rings. The van der Waals surface area contributed by atoms with Gasteiger partial charge in [0.05, 0.1) is 19.6 Å². The zero-order chi connectivity index (χ0) is 12.4. The third-order valence-corrected chi connectivity index (χ3v) is 3.42. The number of rotatable bonds is 3. The van der Waals surface area contributed by atoms with Crippen molar-refractivity contribution < 1.29 is 14.3 Å². The van der Waals surface area contributed by atoms with E-state index in [1.165, 1.54) is 7.11 Å². The summed E-state index contributed by atoms with van der Waals surface area (Å²) in [6.07, 6.45) is 0.821. The number of carbonyl (C=O) groups excluding carboxylic acids is 2. The van der Waals surface area contributed by atoms with Crippen LogP contribution in [0.15, 0.2) is 0 Å². The van der Waals surface area contributed by atoms with E-state index in [1.54, 1.807) is 0 Å². The highest BCUT2D eigenvalue weighted by molar-refractivity contribution is 5.82. The van der Waals surface area contributed by atoms with E-state index < -0.39 is 0 Å². The maximum absolute atomic E-state index is 11.9. The molecule has 2 unspecified atom stereocenters. The Labute approximate surface area is 101 Å². The van der Waals surface area contributed by atoms with Crippen molar-refractivity contribution >= 4 is 11.9 Å². The molecule has 2 N–H and O–H groups in total. The van der Waals surface area contributed by atoms with Crippen LogP contribution in [-0.2, 0) is 14.3 Å². The van der Waals surface area contributed by atoms with Crippen LogP contribution in [-0.4, -0.2) is 67.6 Å². The largest absolute Gasteiger partial charge is 0.468 e. The summed E-state index contributed by atoms with van der Waals surface area (Å²) >= 11 is 0. The lowest BCUT2D eigenvalue weighted by molar-refractivity contribution is -0.142. The van der Waals surface area contributed by atoms with E-state index in [2.05, 4.69) is 4.74 Å². The van der Waals surface area contributed by atoms with E-state index in [0.29, 0.717) is 19.6 Å². The van der Waals surface area contributed by atoms with Crippen molar-refractivity contribution in [3.8, 4) is 0 Å². The molecule has 0 spiro atoms. The van der Waals surface area contributed by atoms with Gasteiger partial charge in [-0.3, -0.25) is 14.5 Å². The van der Waals surface area contributed by atoms with Gasteiger partial charge in [-0.25, -0.2) is 0 Å². The van der Waals surface area contributed by atoms with Gasteiger partial charge in [0.2, 0.25) is 5.91 Å². The molecule has 17 heavy (non-hydrogen) atoms. The van der Waals surface area contributed by atoms with E-state index in [0.717, 1.165) is 19.5 Å². The van der Waals surface area contributed by atoms with Gasteiger partial charge in [0.25, 0.3) is 0 Å². The van der Waals surface area contributed by atoms with Crippen LogP contribution in [0.1, 0.15) is 6.42 Å². The summed E-state index contributed by atoms with van der Waals surface area (Å²) in [5.41, 5.74) is 5.67. The van der Waals surface area contributed by atoms with E-state index in [9.17, 15) is 9.59 Å². The predicted molar refractivity (Wildman–Crippen MR) is 61.1 cm³/mol. The zero-order valence-electron chi connectivity index (χ0n) is 10.1. The number of nitrogens with two attached hydrogens (primary N) is 1. The molecule has 1 saturated carbocycles. The van der Waals surface area contributed by atoms with Crippen molar-refractivity contribution in [1.82, 2.24) is 9.80 Å². The number of carbonyl (C=O) groups is 2. The van der Waals surface area contributed by atoms with E-state index in [-0.39, 0.29) is 23.8 Å². The second-order valence-electron chi connectivity index (χ2n) is 4.68. The molecule has 1 amide bonds. The molecule has 6 nitrogen and oxygen atoms in total. The SMILES string of the molecule is COC(=O)CN1CCN(C(=O)C2CC2N)CC1. The second-order valence-corrected chi connectivity index (χ2v) is 4.68. The number of hydrogen-bond acceptors (Lipinski definition) is 5. The lowest BCUT2D eigenvalue weighted by atomic mass is 10.2. The maximum atomic E-state index is 11.9. The van der Waals surface area contributed by atoms with Crippen LogP contribution < -0.4 is 5.73 Å². The van der Waals surface area contributed by atoms with Crippen molar-refractivity contribution in [2.45, 2.75) is 12.5 Å². The maximum Gasteiger partial charge on any atom is 0.319 e. The Morgan fingerprint density at radius 3 is 2.35 bits per heavy atom. The molecular weight excluding hydrogens is 222 g/mol. The standard InChI is InChI=1S/C11H19N3O3/c1-17-10(15)7-13-2-4-14(5-3-13)11(16)8-6-9(8)12/h8-9H,2-7,12H2,1H3. The van der Waals surface area contributed by atoms with Crippen molar-refractivity contribution in [3.05, 3.63) is 0 Å². The number of hydrogen-bond donors (Lipinski definition) is 1. The average molecular weight is 241 g/mol. The first-order valence-electron chi connectivity index (χ1n) is 5.95. The fraction of sp³-hybridized carbons (Fsp3) is 0.818. The van der Waals surface area contributed by atoms with Gasteiger partial charge < -0.3 is 15.4 Å². The van der Waals surface area contributed by atoms with Gasteiger partial charge in [-0.15, -0.1) is 0 Å². The number of amides is 1. The molecule has 1 aliphatic heterocycles. The predicted octanol–water partition coefficient (Wildman–Crippen LogP) is -1.35. The summed E-state index contributed by atoms with van der Waals surface area (Å²) in [4.78, 5) is 26.8. The van der Waals surface area contributed by atoms with Crippen LogP contribution in [0.3, 0.4) is 0 Å². The van der Waals surface area contributed by atoms with Gasteiger partial charge in [-0.05, 0) is 6.42 Å². The molecule has 0 aromatic carbocycles. The Kier molecular flexibility index (Phi) is 3.63. The first-order chi connectivity index (χ1) is 8.11. The van der Waals surface area contributed by atoms with Crippen LogP contribution in [0.4, 0.5) is 0 Å². The Morgan fingerprint density at radius 2 is 1.88 bits per heavy atom. The summed E-state index contributed by atoms with van der Waals surface area (Å²) < 4.78 is 4.61. The number of ether oxygens (including phenoxy) is 1. The molecule has 1 saturated heterocycles. The van der Waals surface area contributed by atoms with E-state index in [1.807, 2.05) is 9.80 Å². The highest BCUT2D eigenvalue weighted by Gasteiger charge is 2.42. The number of methoxy groups -OCH3 is 1. The van der Waals surface area contributed by atoms with Crippen molar-refractivity contribution in [1.29, 1.82) is 0 Å².